The Labute approximate surface area is 413 Å². The maximum atomic E-state index is 13.0. The number of benzene rings is 2. The number of alkyl carbamates (subject to hydrolysis) is 1. The topological polar surface area (TPSA) is 320 Å². The van der Waals surface area contributed by atoms with Crippen molar-refractivity contribution in [3.05, 3.63) is 86.0 Å². The number of ether oxygens (including phenoxy) is 1. The Balaban J connectivity index is -0.000000303. The number of Topliss-reactive ketones (excluding diaryl/α,β-unsaturated/α-hetero) is 1. The Morgan fingerprint density at radius 1 is 0.757 bits per heavy atom. The Morgan fingerprint density at radius 2 is 1.29 bits per heavy atom. The van der Waals surface area contributed by atoms with Crippen LogP contribution < -0.4 is 31.9 Å². The predicted octanol–water partition coefficient (Wildman–Crippen LogP) is 4.76. The molecule has 3 heterocycles. The third-order valence-corrected chi connectivity index (χ3v) is 10.1. The lowest BCUT2D eigenvalue weighted by molar-refractivity contribution is -0.481. The van der Waals surface area contributed by atoms with E-state index in [1.165, 1.54) is 21.9 Å². The Kier molecular flexibility index (Phi) is 39.4. The lowest BCUT2D eigenvalue weighted by Crippen LogP contribution is -2.55. The van der Waals surface area contributed by atoms with Gasteiger partial charge >= 0.3 is 24.2 Å². The number of nitrogens with one attached hydrogen (secondary N) is 6. The number of amides is 8. The van der Waals surface area contributed by atoms with Crippen LogP contribution in [-0.4, -0.2) is 155 Å². The summed E-state index contributed by atoms with van der Waals surface area (Å²) in [7, 11) is -3.88. The summed E-state index contributed by atoms with van der Waals surface area (Å²) in [5.74, 6) is -1.44. The van der Waals surface area contributed by atoms with E-state index in [0.29, 0.717) is 26.2 Å². The minimum absolute atomic E-state index is 0. The minimum Gasteiger partial charge on any atom is -0.445 e. The van der Waals surface area contributed by atoms with Crippen LogP contribution in [0.4, 0.5) is 23.6 Å². The van der Waals surface area contributed by atoms with Gasteiger partial charge < -0.3 is 46.4 Å². The number of nitro groups is 2. The summed E-state index contributed by atoms with van der Waals surface area (Å²) in [6.45, 7) is 6.71. The molecule has 0 bridgehead atoms. The minimum atomic E-state index is -3.88. The van der Waals surface area contributed by atoms with Gasteiger partial charge in [0, 0.05) is 55.7 Å². The van der Waals surface area contributed by atoms with Crippen molar-refractivity contribution in [2.45, 2.75) is 95.3 Å². The molecule has 0 radical (unpaired) electrons. The van der Waals surface area contributed by atoms with Crippen molar-refractivity contribution in [2.75, 3.05) is 78.7 Å². The number of ketones is 1. The van der Waals surface area contributed by atoms with Gasteiger partial charge in [0.15, 0.2) is 5.78 Å². The van der Waals surface area contributed by atoms with Crippen molar-refractivity contribution in [1.29, 1.82) is 0 Å². The monoisotopic (exact) mass is 1020 g/mol. The first kappa shape index (κ1) is 72.3. The molecule has 0 saturated carbocycles. The number of hydrogen-bond donors (Lipinski definition) is 6. The molecule has 0 aliphatic carbocycles. The SMILES string of the molecule is C.C.C.C.C.C.CC(C)C[C@H](NC(=O)OCc1ccccc1)C(=O)NC(CN1CCNC1=O)C(=O)CF.Cc1ccc(S(=O)(=O)OCC[N+](=O)[O-])cc1.O=C1NCCN1.O=C1NCCN1CC[N+](=O)[O-]. The smallest absolute Gasteiger partial charge is 0.408 e. The average Bonchev–Trinajstić information content (AvgIpc) is 4.01. The third-order valence-electron chi connectivity index (χ3n) is 8.73. The van der Waals surface area contributed by atoms with E-state index in [2.05, 4.69) is 36.1 Å². The normalized spacial score (nSPS) is 13.6. The number of carbonyl (C=O) groups excluding carboxylic acids is 6. The number of aryl methyl sites for hydroxylation is 1. The van der Waals surface area contributed by atoms with Gasteiger partial charge in [0.05, 0.1) is 11.4 Å². The van der Waals surface area contributed by atoms with Gasteiger partial charge in [0.1, 0.15) is 32.0 Å². The first-order valence-electron chi connectivity index (χ1n) is 19.9. The second kappa shape index (κ2) is 38.2. The molecule has 1 unspecified atom stereocenters. The van der Waals surface area contributed by atoms with Gasteiger partial charge in [-0.25, -0.2) is 23.6 Å². The highest BCUT2D eigenvalue weighted by Gasteiger charge is 2.31. The van der Waals surface area contributed by atoms with Crippen molar-refractivity contribution in [3.8, 4) is 0 Å². The molecular weight excluding hydrogens is 944 g/mol. The van der Waals surface area contributed by atoms with Crippen molar-refractivity contribution >= 4 is 46.0 Å². The molecule has 2 aromatic carbocycles. The zero-order chi connectivity index (χ0) is 47.7. The van der Waals surface area contributed by atoms with Gasteiger partial charge in [-0.3, -0.25) is 34.0 Å². The van der Waals surface area contributed by atoms with Crippen molar-refractivity contribution < 1.29 is 60.3 Å². The van der Waals surface area contributed by atoms with Crippen molar-refractivity contribution in [1.82, 2.24) is 41.7 Å². The Morgan fingerprint density at radius 3 is 1.73 bits per heavy atom. The second-order valence-electron chi connectivity index (χ2n) is 14.3. The number of alkyl halides is 1. The summed E-state index contributed by atoms with van der Waals surface area (Å²) in [6.07, 6.45) is -0.496. The van der Waals surface area contributed by atoms with E-state index in [9.17, 15) is 61.8 Å². The largest absolute Gasteiger partial charge is 0.445 e. The first-order valence-corrected chi connectivity index (χ1v) is 21.3. The summed E-state index contributed by atoms with van der Waals surface area (Å²) >= 11 is 0. The maximum absolute atomic E-state index is 13.0. The van der Waals surface area contributed by atoms with Gasteiger partial charge in [-0.05, 0) is 37.0 Å². The fourth-order valence-electron chi connectivity index (χ4n) is 5.44. The van der Waals surface area contributed by atoms with Gasteiger partial charge in [-0.2, -0.15) is 8.42 Å². The summed E-state index contributed by atoms with van der Waals surface area (Å²) in [5.41, 5.74) is 1.71. The van der Waals surface area contributed by atoms with Crippen LogP contribution in [-0.2, 0) is 35.2 Å². The Bertz CT molecular complexity index is 1980. The van der Waals surface area contributed by atoms with Crippen LogP contribution in [0, 0.1) is 33.1 Å². The molecule has 2 atom stereocenters. The van der Waals surface area contributed by atoms with Crippen molar-refractivity contribution in [3.63, 3.8) is 0 Å². The first-order chi connectivity index (χ1) is 30.3. The standard InChI is InChI=1S/C21H29FN4O5.C9H11NO5S.C5H9N3O3.C3H6N2O.6CH4/c1-14(2)10-16(25-21(30)31-13-15-6-4-3-5-7-15)19(28)24-17(18(27)11-22)12-26-9-8-23-20(26)29;1-8-2-4-9(5-3-8)16(13,14)15-7-6-10(11)12;9-5-6-1-2-7(5)3-4-8(10)11;6-3-4-1-2-5-3;;;;;;/h3-7,14,16-17H,8-13H2,1-2H3,(H,23,29)(H,24,28)(H,25,30);2-5H,6-7H2,1H3;1-4H2,(H,6,9);1-2H2,(H2,4,5,6);6*1H4/t16-,17?;;;;;;;;;/m0........./s1. The van der Waals surface area contributed by atoms with Crippen LogP contribution in [0.1, 0.15) is 76.0 Å². The molecule has 0 spiro atoms. The fraction of sp³-hybridized carbons (Fsp3) is 0.591. The van der Waals surface area contributed by atoms with Crippen LogP contribution in [0.25, 0.3) is 0 Å². The van der Waals surface area contributed by atoms with Gasteiger partial charge in [0.25, 0.3) is 10.1 Å². The van der Waals surface area contributed by atoms with E-state index >= 15 is 0 Å². The van der Waals surface area contributed by atoms with E-state index in [1.54, 1.807) is 24.3 Å². The van der Waals surface area contributed by atoms with Crippen LogP contribution >= 0.6 is 0 Å². The Hall–Kier alpha value is -6.70. The molecule has 0 aromatic heterocycles. The van der Waals surface area contributed by atoms with Gasteiger partial charge in [0.2, 0.25) is 19.0 Å². The number of urea groups is 3. The summed E-state index contributed by atoms with van der Waals surface area (Å²) in [6, 6.07) is 12.3. The lowest BCUT2D eigenvalue weighted by Gasteiger charge is -2.25. The lowest BCUT2D eigenvalue weighted by atomic mass is 10.0. The molecule has 402 valence electrons. The molecule has 3 aliphatic rings. The predicted molar refractivity (Wildman–Crippen MR) is 266 cm³/mol. The van der Waals surface area contributed by atoms with E-state index in [0.717, 1.165) is 24.2 Å². The van der Waals surface area contributed by atoms with Gasteiger partial charge in [-0.1, -0.05) is 106 Å². The molecule has 6 N–H and O–H groups in total. The molecule has 3 fully saturated rings. The summed E-state index contributed by atoms with van der Waals surface area (Å²) < 4.78 is 45.7. The van der Waals surface area contributed by atoms with Crippen LogP contribution in [0.2, 0.25) is 0 Å². The highest BCUT2D eigenvalue weighted by molar-refractivity contribution is 7.86. The number of hydrogen-bond acceptors (Lipinski definition) is 14. The summed E-state index contributed by atoms with van der Waals surface area (Å²) in [4.78, 5) is 91.2. The second-order valence-corrected chi connectivity index (χ2v) is 15.9. The van der Waals surface area contributed by atoms with Crippen LogP contribution in [0.5, 0.6) is 0 Å². The number of nitrogens with zero attached hydrogens (tertiary/aromatic N) is 4. The zero-order valence-corrected chi connectivity index (χ0v) is 36.4. The summed E-state index contributed by atoms with van der Waals surface area (Å²) in [5, 5.41) is 35.2. The number of halogens is 1. The third kappa shape index (κ3) is 29.2. The fourth-order valence-corrected chi connectivity index (χ4v) is 6.34. The molecule has 2 aromatic rings. The molecule has 8 amide bonds. The number of carbonyl (C=O) groups is 6. The van der Waals surface area contributed by atoms with E-state index < -0.39 is 69.7 Å². The molecular formula is C44H79FN10O14S. The maximum Gasteiger partial charge on any atom is 0.408 e. The van der Waals surface area contributed by atoms with Crippen LogP contribution in [0.3, 0.4) is 0 Å². The van der Waals surface area contributed by atoms with E-state index in [1.807, 2.05) is 39.0 Å². The molecule has 26 heteroatoms. The van der Waals surface area contributed by atoms with Crippen molar-refractivity contribution in [2.24, 2.45) is 5.92 Å². The highest BCUT2D eigenvalue weighted by Crippen LogP contribution is 2.13. The van der Waals surface area contributed by atoms with Crippen LogP contribution in [0.15, 0.2) is 59.5 Å². The quantitative estimate of drug-likeness (QED) is 0.0628. The molecule has 5 rings (SSSR count). The van der Waals surface area contributed by atoms with E-state index in [4.69, 9.17) is 4.74 Å². The molecule has 3 saturated heterocycles. The van der Waals surface area contributed by atoms with Gasteiger partial charge in [-0.15, -0.1) is 0 Å². The molecule has 24 nitrogen and oxygen atoms in total. The highest BCUT2D eigenvalue weighted by atomic mass is 32.2. The molecule has 70 heavy (non-hydrogen) atoms. The average molecular weight is 1020 g/mol. The zero-order valence-electron chi connectivity index (χ0n) is 35.6. The molecule has 3 aliphatic heterocycles. The van der Waals surface area contributed by atoms with E-state index in [-0.39, 0.29) is 106 Å². The number of rotatable bonds is 19.